The molecule has 0 bridgehead atoms. The summed E-state index contributed by atoms with van der Waals surface area (Å²) in [7, 11) is 0. The average Bonchev–Trinajstić information content (AvgIpc) is 3.30. The van der Waals surface area contributed by atoms with Crippen LogP contribution in [0.1, 0.15) is 105 Å². The topological polar surface area (TPSA) is 99.4 Å². The van der Waals surface area contributed by atoms with E-state index in [0.29, 0.717) is 11.3 Å². The van der Waals surface area contributed by atoms with E-state index in [-0.39, 0.29) is 11.5 Å². The highest BCUT2D eigenvalue weighted by Crippen LogP contribution is 2.67. The van der Waals surface area contributed by atoms with Gasteiger partial charge in [-0.25, -0.2) is 0 Å². The number of hydrogen-bond acceptors (Lipinski definition) is 6. The van der Waals surface area contributed by atoms with Crippen LogP contribution < -0.4 is 0 Å². The SMILES string of the molecule is C=C(C)[C@H](CC)CC[C@@H](C)[C@H]1CC[C@H]2[C@@H]3CC=C4C[C@@H](O[C@@H]5OC(CO)[C@@H](O)C(O)[C@H]5O)CC[C@]4(C)[C@H]3CC[C@]12C. The van der Waals surface area contributed by atoms with E-state index in [1.54, 1.807) is 0 Å². The largest absolute Gasteiger partial charge is 0.394 e. The van der Waals surface area contributed by atoms with Crippen molar-refractivity contribution in [2.45, 2.75) is 142 Å². The maximum absolute atomic E-state index is 10.5. The van der Waals surface area contributed by atoms with E-state index in [1.807, 2.05) is 0 Å². The zero-order valence-corrected chi connectivity index (χ0v) is 26.3. The van der Waals surface area contributed by atoms with Crippen molar-refractivity contribution in [3.05, 3.63) is 23.8 Å². The fourth-order valence-corrected chi connectivity index (χ4v) is 10.6. The summed E-state index contributed by atoms with van der Waals surface area (Å²) in [4.78, 5) is 0. The predicted octanol–water partition coefficient (Wildman–Crippen LogP) is 5.77. The lowest BCUT2D eigenvalue weighted by atomic mass is 9.47. The number of allylic oxidation sites excluding steroid dienone is 2. The van der Waals surface area contributed by atoms with Crippen molar-refractivity contribution < 1.29 is 29.9 Å². The van der Waals surface area contributed by atoms with Gasteiger partial charge in [0.05, 0.1) is 12.7 Å². The molecule has 0 amide bonds. The van der Waals surface area contributed by atoms with Crippen LogP contribution in [-0.4, -0.2) is 63.8 Å². The summed E-state index contributed by atoms with van der Waals surface area (Å²) >= 11 is 0. The fraction of sp³-hybridized carbons (Fsp3) is 0.886. The van der Waals surface area contributed by atoms with Gasteiger partial charge in [-0.3, -0.25) is 0 Å². The molecule has 4 N–H and O–H groups in total. The van der Waals surface area contributed by atoms with Gasteiger partial charge in [-0.15, -0.1) is 0 Å². The molecule has 0 aromatic carbocycles. The molecule has 0 spiro atoms. The van der Waals surface area contributed by atoms with E-state index in [1.165, 1.54) is 56.1 Å². The molecular weight excluding hydrogens is 516 g/mol. The lowest BCUT2D eigenvalue weighted by molar-refractivity contribution is -0.313. The molecule has 2 unspecified atom stereocenters. The third-order valence-corrected chi connectivity index (χ3v) is 13.2. The monoisotopic (exact) mass is 574 g/mol. The number of aliphatic hydroxyl groups is 4. The minimum Gasteiger partial charge on any atom is -0.394 e. The maximum Gasteiger partial charge on any atom is 0.186 e. The summed E-state index contributed by atoms with van der Waals surface area (Å²) < 4.78 is 11.9. The normalized spacial score (nSPS) is 47.5. The predicted molar refractivity (Wildman–Crippen MR) is 161 cm³/mol. The second-order valence-electron chi connectivity index (χ2n) is 15.2. The van der Waals surface area contributed by atoms with E-state index >= 15 is 0 Å². The maximum atomic E-state index is 10.5. The average molecular weight is 575 g/mol. The molecular formula is C35H58O6. The molecule has 6 heteroatoms. The summed E-state index contributed by atoms with van der Waals surface area (Å²) in [6.07, 6.45) is 9.51. The second kappa shape index (κ2) is 12.3. The molecule has 1 aliphatic heterocycles. The first-order valence-electron chi connectivity index (χ1n) is 16.7. The van der Waals surface area contributed by atoms with Crippen LogP contribution >= 0.6 is 0 Å². The Morgan fingerprint density at radius 2 is 1.80 bits per heavy atom. The molecule has 3 saturated carbocycles. The first-order valence-corrected chi connectivity index (χ1v) is 16.7. The Balaban J connectivity index is 1.24. The van der Waals surface area contributed by atoms with Gasteiger partial charge in [-0.05, 0) is 124 Å². The van der Waals surface area contributed by atoms with Crippen molar-refractivity contribution in [3.8, 4) is 0 Å². The molecule has 234 valence electrons. The zero-order valence-electron chi connectivity index (χ0n) is 26.3. The lowest BCUT2D eigenvalue weighted by Gasteiger charge is -2.58. The minimum absolute atomic E-state index is 0.107. The zero-order chi connectivity index (χ0) is 29.7. The molecule has 6 nitrogen and oxygen atoms in total. The van der Waals surface area contributed by atoms with Gasteiger partial charge in [0, 0.05) is 0 Å². The Labute approximate surface area is 248 Å². The van der Waals surface area contributed by atoms with Crippen molar-refractivity contribution in [2.75, 3.05) is 6.61 Å². The Hall–Kier alpha value is -0.760. The summed E-state index contributed by atoms with van der Waals surface area (Å²) in [6, 6.07) is 0. The van der Waals surface area contributed by atoms with Gasteiger partial charge in [0.15, 0.2) is 6.29 Å². The molecule has 1 saturated heterocycles. The molecule has 41 heavy (non-hydrogen) atoms. The van der Waals surface area contributed by atoms with Crippen LogP contribution in [0.3, 0.4) is 0 Å². The number of hydrogen-bond donors (Lipinski definition) is 4. The first-order chi connectivity index (χ1) is 19.4. The van der Waals surface area contributed by atoms with Crippen molar-refractivity contribution in [1.82, 2.24) is 0 Å². The van der Waals surface area contributed by atoms with Crippen molar-refractivity contribution >= 4 is 0 Å². The summed E-state index contributed by atoms with van der Waals surface area (Å²) in [6.45, 7) is 16.0. The van der Waals surface area contributed by atoms with Crippen molar-refractivity contribution in [2.24, 2.45) is 46.3 Å². The van der Waals surface area contributed by atoms with Crippen LogP contribution in [0.15, 0.2) is 23.8 Å². The van der Waals surface area contributed by atoms with Crippen molar-refractivity contribution in [1.29, 1.82) is 0 Å². The van der Waals surface area contributed by atoms with Crippen LogP contribution in [0.25, 0.3) is 0 Å². The highest BCUT2D eigenvalue weighted by Gasteiger charge is 2.59. The summed E-state index contributed by atoms with van der Waals surface area (Å²) in [5.41, 5.74) is 3.49. The molecule has 0 aromatic rings. The van der Waals surface area contributed by atoms with Gasteiger partial charge in [-0.2, -0.15) is 0 Å². The first kappa shape index (κ1) is 31.7. The minimum atomic E-state index is -1.40. The summed E-state index contributed by atoms with van der Waals surface area (Å²) in [5.74, 6) is 4.57. The standard InChI is InChI=1S/C35H58O6/c1-7-22(20(2)3)9-8-21(4)26-12-13-27-25-11-10-23-18-24(14-16-34(23,5)28(25)15-17-35(26,27)6)40-33-32(39)31(38)30(37)29(19-36)41-33/h10,21-22,24-33,36-39H,2,7-9,11-19H2,1,3-6H3/t21-,22-,24+,25+,26-,27+,28+,29?,30-,31?,32-,33-,34+,35-/m1/s1. The molecule has 5 aliphatic rings. The van der Waals surface area contributed by atoms with Gasteiger partial charge in [0.25, 0.3) is 0 Å². The lowest BCUT2D eigenvalue weighted by Crippen LogP contribution is -2.60. The Kier molecular flexibility index (Phi) is 9.51. The number of aliphatic hydroxyl groups excluding tert-OH is 4. The number of ether oxygens (including phenoxy) is 2. The van der Waals surface area contributed by atoms with Crippen LogP contribution in [0.5, 0.6) is 0 Å². The van der Waals surface area contributed by atoms with Gasteiger partial charge >= 0.3 is 0 Å². The molecule has 4 aliphatic carbocycles. The van der Waals surface area contributed by atoms with Gasteiger partial charge in [0.1, 0.15) is 24.4 Å². The van der Waals surface area contributed by atoms with Crippen LogP contribution in [0.2, 0.25) is 0 Å². The van der Waals surface area contributed by atoms with Crippen LogP contribution in [-0.2, 0) is 9.47 Å². The second-order valence-corrected chi connectivity index (χ2v) is 15.2. The quantitative estimate of drug-likeness (QED) is 0.261. The van der Waals surface area contributed by atoms with Crippen LogP contribution in [0, 0.1) is 46.3 Å². The molecule has 0 aromatic heterocycles. The Morgan fingerprint density at radius 3 is 2.49 bits per heavy atom. The van der Waals surface area contributed by atoms with E-state index in [9.17, 15) is 20.4 Å². The Bertz CT molecular complexity index is 962. The van der Waals surface area contributed by atoms with E-state index in [0.717, 1.165) is 55.3 Å². The third-order valence-electron chi connectivity index (χ3n) is 13.2. The van der Waals surface area contributed by atoms with Gasteiger partial charge in [-0.1, -0.05) is 51.5 Å². The smallest absolute Gasteiger partial charge is 0.186 e. The van der Waals surface area contributed by atoms with Gasteiger partial charge < -0.3 is 29.9 Å². The molecule has 1 heterocycles. The van der Waals surface area contributed by atoms with E-state index in [2.05, 4.69) is 47.3 Å². The summed E-state index contributed by atoms with van der Waals surface area (Å²) in [5, 5.41) is 40.4. The molecule has 4 fully saturated rings. The van der Waals surface area contributed by atoms with E-state index in [4.69, 9.17) is 9.47 Å². The van der Waals surface area contributed by atoms with Crippen molar-refractivity contribution in [3.63, 3.8) is 0 Å². The van der Waals surface area contributed by atoms with E-state index < -0.39 is 37.3 Å². The molecule has 14 atom stereocenters. The molecule has 0 radical (unpaired) electrons. The fourth-order valence-electron chi connectivity index (χ4n) is 10.6. The molecule has 5 rings (SSSR count). The third kappa shape index (κ3) is 5.64. The highest BCUT2D eigenvalue weighted by molar-refractivity contribution is 5.25. The van der Waals surface area contributed by atoms with Crippen LogP contribution in [0.4, 0.5) is 0 Å². The highest BCUT2D eigenvalue weighted by atomic mass is 16.7. The Morgan fingerprint density at radius 1 is 1.05 bits per heavy atom. The number of rotatable bonds is 9. The van der Waals surface area contributed by atoms with Gasteiger partial charge in [0.2, 0.25) is 0 Å². The number of fused-ring (bicyclic) bond motifs is 5.